The first-order valence-electron chi connectivity index (χ1n) is 16.8. The topological polar surface area (TPSA) is 102 Å². The number of benzene rings is 3. The average molecular weight is 659 g/mol. The highest BCUT2D eigenvalue weighted by atomic mass is 16.5. The molecule has 5 aliphatic rings. The highest BCUT2D eigenvalue weighted by Gasteiger charge is 2.38. The summed E-state index contributed by atoms with van der Waals surface area (Å²) in [4.78, 5) is 40.1. The summed E-state index contributed by atoms with van der Waals surface area (Å²) in [7, 11) is 3.12. The second-order valence-electron chi connectivity index (χ2n) is 13.1. The number of amides is 2. The molecule has 3 aromatic carbocycles. The summed E-state index contributed by atoms with van der Waals surface area (Å²) in [5, 5.41) is 0. The second-order valence-corrected chi connectivity index (χ2v) is 13.1. The van der Waals surface area contributed by atoms with Crippen LogP contribution in [0.2, 0.25) is 0 Å². The van der Waals surface area contributed by atoms with E-state index >= 15 is 0 Å². The molecule has 0 N–H and O–H groups in total. The Morgan fingerprint density at radius 3 is 1.82 bits per heavy atom. The summed E-state index contributed by atoms with van der Waals surface area (Å²) >= 11 is 0. The summed E-state index contributed by atoms with van der Waals surface area (Å²) in [6.07, 6.45) is 12.2. The molecule has 0 bridgehead atoms. The summed E-state index contributed by atoms with van der Waals surface area (Å²) in [6.45, 7) is 2.73. The van der Waals surface area contributed by atoms with Gasteiger partial charge in [-0.1, -0.05) is 29.8 Å². The van der Waals surface area contributed by atoms with E-state index in [4.69, 9.17) is 23.9 Å². The number of nitrogens with zero attached hydrogens (tertiary/aromatic N) is 4. The summed E-state index contributed by atoms with van der Waals surface area (Å²) < 4.78 is 23.5. The van der Waals surface area contributed by atoms with Gasteiger partial charge in [-0.25, -0.2) is 0 Å². The smallest absolute Gasteiger partial charge is 0.260 e. The Kier molecular flexibility index (Phi) is 7.94. The van der Waals surface area contributed by atoms with Gasteiger partial charge in [0.2, 0.25) is 0 Å². The van der Waals surface area contributed by atoms with Crippen molar-refractivity contribution in [1.29, 1.82) is 0 Å². The number of carbonyl (C=O) groups excluding carboxylic acids is 2. The van der Waals surface area contributed by atoms with Crippen molar-refractivity contribution in [3.63, 3.8) is 0 Å². The molecule has 4 aliphatic heterocycles. The average Bonchev–Trinajstić information content (AvgIpc) is 3.79. The van der Waals surface area contributed by atoms with Crippen LogP contribution in [0.4, 0.5) is 11.4 Å². The Labute approximate surface area is 285 Å². The largest absolute Gasteiger partial charge is 0.493 e. The van der Waals surface area contributed by atoms with E-state index in [0.717, 1.165) is 17.6 Å². The summed E-state index contributed by atoms with van der Waals surface area (Å²) in [6, 6.07) is 15.1. The van der Waals surface area contributed by atoms with Crippen LogP contribution in [-0.2, 0) is 0 Å². The molecule has 1 aliphatic carbocycles. The van der Waals surface area contributed by atoms with E-state index in [2.05, 4.69) is 36.2 Å². The molecule has 49 heavy (non-hydrogen) atoms. The number of methoxy groups -OCH3 is 2. The van der Waals surface area contributed by atoms with Gasteiger partial charge in [0.1, 0.15) is 0 Å². The van der Waals surface area contributed by atoms with Crippen LogP contribution in [-0.4, -0.2) is 73.6 Å². The second kappa shape index (κ2) is 12.6. The molecule has 1 fully saturated rings. The highest BCUT2D eigenvalue weighted by Crippen LogP contribution is 2.44. The zero-order valence-electron chi connectivity index (χ0n) is 27.8. The number of fused-ring (bicyclic) bond motifs is 4. The third-order valence-electron chi connectivity index (χ3n) is 9.78. The third kappa shape index (κ3) is 5.85. The lowest BCUT2D eigenvalue weighted by Crippen LogP contribution is -2.32. The minimum Gasteiger partial charge on any atom is -0.493 e. The molecule has 1 saturated carbocycles. The molecule has 0 unspecified atom stereocenters. The minimum atomic E-state index is -0.161. The number of rotatable bonds is 10. The van der Waals surface area contributed by atoms with Crippen molar-refractivity contribution in [3.8, 4) is 23.0 Å². The summed E-state index contributed by atoms with van der Waals surface area (Å²) in [5.41, 5.74) is 6.82. The first-order valence-corrected chi connectivity index (χ1v) is 16.8. The van der Waals surface area contributed by atoms with Crippen molar-refractivity contribution in [2.75, 3.05) is 27.4 Å². The molecule has 2 atom stereocenters. The predicted molar refractivity (Wildman–Crippen MR) is 187 cm³/mol. The van der Waals surface area contributed by atoms with E-state index in [1.807, 2.05) is 24.8 Å². The monoisotopic (exact) mass is 658 g/mol. The minimum absolute atomic E-state index is 0.0531. The molecule has 3 aromatic rings. The number of ether oxygens (including phenoxy) is 4. The number of aliphatic imine (C=N–C) groups is 2. The Balaban J connectivity index is 0.916. The standard InChI is InChI=1S/C39H38N4O6/c1-23-5-7-24(8-6-23)26-13-28-19-40-32-17-36(34(46-2)15-30(32)38(44)42(28)21-26)48-11-4-12-49-37-18-33-31(16-35(37)47-3)39(45)43-22-27(25-9-10-25)14-29(43)20-41-33/h5-8,15-22,25,28-29H,4,9-14H2,1-3H3/t28-,29-/m0/s1. The van der Waals surface area contributed by atoms with Gasteiger partial charge in [0.05, 0.1) is 62.0 Å². The van der Waals surface area contributed by atoms with E-state index in [9.17, 15) is 9.59 Å². The third-order valence-corrected chi connectivity index (χ3v) is 9.78. The van der Waals surface area contributed by atoms with Crippen LogP contribution < -0.4 is 18.9 Å². The fraction of sp³-hybridized carbons (Fsp3) is 0.333. The Bertz CT molecular complexity index is 1960. The van der Waals surface area contributed by atoms with Gasteiger partial charge in [0, 0.05) is 49.8 Å². The lowest BCUT2D eigenvalue weighted by atomic mass is 10.0. The van der Waals surface area contributed by atoms with Crippen LogP contribution in [0, 0.1) is 12.8 Å². The van der Waals surface area contributed by atoms with Crippen LogP contribution in [0.15, 0.2) is 76.5 Å². The van der Waals surface area contributed by atoms with Crippen LogP contribution in [0.1, 0.15) is 63.9 Å². The fourth-order valence-corrected chi connectivity index (χ4v) is 6.89. The van der Waals surface area contributed by atoms with E-state index < -0.39 is 0 Å². The zero-order valence-corrected chi connectivity index (χ0v) is 27.8. The number of hydrogen-bond donors (Lipinski definition) is 0. The van der Waals surface area contributed by atoms with Crippen LogP contribution >= 0.6 is 0 Å². The highest BCUT2D eigenvalue weighted by molar-refractivity contribution is 6.06. The summed E-state index contributed by atoms with van der Waals surface area (Å²) in [5.74, 6) is 2.36. The Morgan fingerprint density at radius 2 is 1.27 bits per heavy atom. The van der Waals surface area contributed by atoms with E-state index in [1.165, 1.54) is 24.0 Å². The van der Waals surface area contributed by atoms with E-state index in [-0.39, 0.29) is 23.9 Å². The first-order chi connectivity index (χ1) is 23.9. The first kappa shape index (κ1) is 30.9. The van der Waals surface area contributed by atoms with Gasteiger partial charge in [-0.15, -0.1) is 0 Å². The maximum absolute atomic E-state index is 13.7. The quantitative estimate of drug-likeness (QED) is 0.216. The SMILES string of the molecule is COc1cc2c(cc1OCCCOc1cc3c(cc1OC)C(=O)N1C=C(C4CC4)C[C@H]1C=N3)N=C[C@@H]1CC(c3ccc(C)cc3)=CN1C2=O. The van der Waals surface area contributed by atoms with Crippen LogP contribution in [0.25, 0.3) is 5.57 Å². The van der Waals surface area contributed by atoms with Crippen LogP contribution in [0.3, 0.4) is 0 Å². The molecule has 250 valence electrons. The predicted octanol–water partition coefficient (Wildman–Crippen LogP) is 7.06. The number of hydrogen-bond acceptors (Lipinski definition) is 8. The molecule has 0 saturated heterocycles. The van der Waals surface area contributed by atoms with Crippen molar-refractivity contribution in [3.05, 3.63) is 88.8 Å². The molecule has 10 heteroatoms. The van der Waals surface area contributed by atoms with Gasteiger partial charge in [-0.3, -0.25) is 19.6 Å². The maximum atomic E-state index is 13.7. The van der Waals surface area contributed by atoms with Crippen molar-refractivity contribution in [2.45, 2.75) is 51.1 Å². The normalized spacial score (nSPS) is 20.5. The number of aryl methyl sites for hydroxylation is 1. The maximum Gasteiger partial charge on any atom is 0.260 e. The van der Waals surface area contributed by atoms with Crippen molar-refractivity contribution in [2.24, 2.45) is 15.9 Å². The lowest BCUT2D eigenvalue weighted by Gasteiger charge is -2.19. The van der Waals surface area contributed by atoms with Crippen LogP contribution in [0.5, 0.6) is 23.0 Å². The number of carbonyl (C=O) groups is 2. The van der Waals surface area contributed by atoms with Gasteiger partial charge in [-0.05, 0) is 60.9 Å². The molecule has 10 nitrogen and oxygen atoms in total. The Hall–Kier alpha value is -5.38. The fourth-order valence-electron chi connectivity index (χ4n) is 6.89. The molecule has 2 amide bonds. The lowest BCUT2D eigenvalue weighted by molar-refractivity contribution is 0.0809. The van der Waals surface area contributed by atoms with Gasteiger partial charge >= 0.3 is 0 Å². The van der Waals surface area contributed by atoms with Crippen molar-refractivity contribution < 1.29 is 28.5 Å². The zero-order chi connectivity index (χ0) is 33.6. The molecule has 0 aromatic heterocycles. The molecule has 8 rings (SSSR count). The molecule has 4 heterocycles. The van der Waals surface area contributed by atoms with Crippen molar-refractivity contribution in [1.82, 2.24) is 9.80 Å². The van der Waals surface area contributed by atoms with E-state index in [1.54, 1.807) is 48.3 Å². The van der Waals surface area contributed by atoms with Crippen molar-refractivity contribution >= 4 is 41.2 Å². The molecular weight excluding hydrogens is 620 g/mol. The van der Waals surface area contributed by atoms with Gasteiger partial charge in [0.15, 0.2) is 23.0 Å². The molecule has 0 spiro atoms. The van der Waals surface area contributed by atoms with Gasteiger partial charge < -0.3 is 28.7 Å². The van der Waals surface area contributed by atoms with E-state index in [0.29, 0.717) is 77.5 Å². The molecule has 0 radical (unpaired) electrons. The van der Waals surface area contributed by atoms with Gasteiger partial charge in [-0.2, -0.15) is 0 Å². The Morgan fingerprint density at radius 1 is 0.714 bits per heavy atom. The molecular formula is C39H38N4O6. The van der Waals surface area contributed by atoms with Gasteiger partial charge in [0.25, 0.3) is 11.8 Å².